The van der Waals surface area contributed by atoms with Crippen molar-refractivity contribution < 1.29 is 43.7 Å². The molecule has 2 aliphatic rings. The topological polar surface area (TPSA) is 58.2 Å². The second-order valence-electron chi connectivity index (χ2n) is 13.7. The number of hydrogen-bond acceptors (Lipinski definition) is 2. The molecule has 0 radical (unpaired) electrons. The van der Waals surface area contributed by atoms with Gasteiger partial charge in [-0.3, -0.25) is 0 Å². The molecule has 0 heterocycles. The van der Waals surface area contributed by atoms with Gasteiger partial charge in [-0.2, -0.15) is 0 Å². The van der Waals surface area contributed by atoms with Gasteiger partial charge in [0.2, 0.25) is 0 Å². The molecule has 2 amide bonds. The van der Waals surface area contributed by atoms with Crippen LogP contribution in [0.3, 0.4) is 0 Å². The molecule has 0 saturated heterocycles. The molecule has 4 nitrogen and oxygen atoms in total. The van der Waals surface area contributed by atoms with E-state index in [0.717, 1.165) is 49.9 Å². The van der Waals surface area contributed by atoms with Crippen LogP contribution in [-0.4, -0.2) is 11.8 Å². The second kappa shape index (κ2) is 17.7. The molecule has 2 N–H and O–H groups in total. The first-order valence-electron chi connectivity index (χ1n) is 18.4. The fourth-order valence-corrected chi connectivity index (χ4v) is 16.2. The Morgan fingerprint density at radius 2 is 1.05 bits per heavy atom. The molecule has 0 atom stereocenters. The predicted octanol–water partition coefficient (Wildman–Crippen LogP) is 11.5. The predicted molar refractivity (Wildman–Crippen MR) is 212 cm³/mol. The number of carbonyl (C=O) groups excluding carboxylic acids is 2. The normalized spacial score (nSPS) is 13.6. The summed E-state index contributed by atoms with van der Waals surface area (Å²) in [5, 5.41) is 6.14. The molecule has 0 spiro atoms. The van der Waals surface area contributed by atoms with E-state index >= 15 is 17.6 Å². The Morgan fingerprint density at radius 3 is 1.42 bits per heavy atom. The maximum absolute atomic E-state index is 17.4. The third kappa shape index (κ3) is 8.20. The molecule has 0 fully saturated rings. The number of nitrogens with one attached hydrogen (secondary N) is 2. The summed E-state index contributed by atoms with van der Waals surface area (Å²) >= 11 is 7.19. The molecule has 2 aliphatic carbocycles. The van der Waals surface area contributed by atoms with Gasteiger partial charge in [0.1, 0.15) is 0 Å². The molecule has 0 bridgehead atoms. The summed E-state index contributed by atoms with van der Waals surface area (Å²) in [4.78, 5) is 27.5. The molecular formula is C44H40Cl2F4N2O2Ti. The van der Waals surface area contributed by atoms with Gasteiger partial charge in [-0.25, -0.2) is 0 Å². The number of allylic oxidation sites excluding steroid dienone is 8. The Labute approximate surface area is 332 Å². The van der Waals surface area contributed by atoms with Crippen molar-refractivity contribution in [1.29, 1.82) is 0 Å². The van der Waals surface area contributed by atoms with E-state index in [0.29, 0.717) is 41.8 Å². The van der Waals surface area contributed by atoms with Crippen molar-refractivity contribution in [2.45, 2.75) is 65.2 Å². The number of rotatable bonds is 14. The molecule has 0 aliphatic heterocycles. The van der Waals surface area contributed by atoms with Crippen LogP contribution in [0.2, 0.25) is 10.0 Å². The van der Waals surface area contributed by atoms with E-state index in [-0.39, 0.29) is 35.3 Å². The number of unbranched alkanes of at least 4 members (excludes halogenated alkanes) is 2. The van der Waals surface area contributed by atoms with Crippen molar-refractivity contribution in [3.05, 3.63) is 160 Å². The first-order valence-corrected chi connectivity index (χ1v) is 22.3. The van der Waals surface area contributed by atoms with Crippen molar-refractivity contribution >= 4 is 54.1 Å². The van der Waals surface area contributed by atoms with Crippen molar-refractivity contribution in [3.63, 3.8) is 0 Å². The van der Waals surface area contributed by atoms with Crippen molar-refractivity contribution in [2.24, 2.45) is 0 Å². The molecule has 0 aromatic heterocycles. The first kappa shape index (κ1) is 40.5. The standard InChI is InChI=1S/2C17H15ClF2NO.2C5H5.Ti/c2*1-2-3-4-11-9-12(18)5-7-14(11)17(22)21-16-8-6-13(19)10-15(16)20;2*1-2-4-5-3-1;/h2*5-9H,2-4H2,1H3,(H,21,22);2*1-3H,4H2;. The van der Waals surface area contributed by atoms with Gasteiger partial charge >= 0.3 is 334 Å². The number of carbonyl (C=O) groups is 2. The number of aryl methyl sites for hydroxylation is 2. The van der Waals surface area contributed by atoms with Crippen LogP contribution in [-0.2, 0) is 29.4 Å². The zero-order valence-electron chi connectivity index (χ0n) is 30.5. The summed E-state index contributed by atoms with van der Waals surface area (Å²) in [6.45, 7) is 4.03. The molecule has 4 aromatic rings. The monoisotopic (exact) mass is 822 g/mol. The number of amides is 2. The van der Waals surface area contributed by atoms with E-state index in [9.17, 15) is 9.59 Å². The van der Waals surface area contributed by atoms with Crippen molar-refractivity contribution in [1.82, 2.24) is 0 Å². The number of halogens is 6. The third-order valence-corrected chi connectivity index (χ3v) is 18.6. The molecule has 11 heteroatoms. The van der Waals surface area contributed by atoms with Crippen LogP contribution >= 0.6 is 23.2 Å². The molecule has 0 unspecified atom stereocenters. The zero-order valence-corrected chi connectivity index (χ0v) is 33.6. The fourth-order valence-electron chi connectivity index (χ4n) is 7.50. The van der Waals surface area contributed by atoms with Gasteiger partial charge in [0.25, 0.3) is 0 Å². The summed E-state index contributed by atoms with van der Waals surface area (Å²) in [6.07, 6.45) is 15.1. The SMILES string of the molecule is CCCCc1cc(Cl)ccc1C(=O)Nc1ccc(F)[c]([Ti]([C]2=CC=CC2)([C]2=CC=CC2)[c]2c(F)ccc(NC(=O)c3ccc(Cl)cc3CCCC)c2F)c1F. The average Bonchev–Trinajstić information content (AvgIpc) is 3.91. The van der Waals surface area contributed by atoms with Crippen LogP contribution in [0.25, 0.3) is 0 Å². The number of benzene rings is 4. The summed E-state index contributed by atoms with van der Waals surface area (Å²) in [5.74, 6) is -5.50. The van der Waals surface area contributed by atoms with Gasteiger partial charge < -0.3 is 0 Å². The van der Waals surface area contributed by atoms with E-state index in [1.165, 1.54) is 0 Å². The van der Waals surface area contributed by atoms with Crippen LogP contribution in [0.1, 0.15) is 84.2 Å². The van der Waals surface area contributed by atoms with E-state index in [2.05, 4.69) is 10.6 Å². The van der Waals surface area contributed by atoms with Gasteiger partial charge in [0.15, 0.2) is 0 Å². The van der Waals surface area contributed by atoms with Crippen molar-refractivity contribution in [2.75, 3.05) is 10.6 Å². The van der Waals surface area contributed by atoms with Gasteiger partial charge in [-0.1, -0.05) is 0 Å². The summed E-state index contributed by atoms with van der Waals surface area (Å²) < 4.78 is 68.1. The van der Waals surface area contributed by atoms with E-state index < -0.39 is 59.4 Å². The van der Waals surface area contributed by atoms with Gasteiger partial charge in [0.05, 0.1) is 0 Å². The summed E-state index contributed by atoms with van der Waals surface area (Å²) in [7, 11) is 0. The van der Waals surface area contributed by atoms with Crippen LogP contribution < -0.4 is 18.4 Å². The molecule has 55 heavy (non-hydrogen) atoms. The Balaban J connectivity index is 1.52. The molecule has 284 valence electrons. The van der Waals surface area contributed by atoms with Crippen LogP contribution in [0, 0.1) is 23.3 Å². The van der Waals surface area contributed by atoms with Crippen LogP contribution in [0.4, 0.5) is 28.9 Å². The van der Waals surface area contributed by atoms with Gasteiger partial charge in [-0.15, -0.1) is 0 Å². The van der Waals surface area contributed by atoms with E-state index in [4.69, 9.17) is 23.2 Å². The fraction of sp³-hybridized carbons (Fsp3) is 0.227. The van der Waals surface area contributed by atoms with Gasteiger partial charge in [-0.05, 0) is 0 Å². The first-order chi connectivity index (χ1) is 26.5. The van der Waals surface area contributed by atoms with Crippen molar-refractivity contribution in [3.8, 4) is 0 Å². The van der Waals surface area contributed by atoms with E-state index in [1.54, 1.807) is 72.9 Å². The molecular weight excluding hydrogens is 783 g/mol. The molecule has 4 aromatic carbocycles. The minimum absolute atomic E-state index is 0.194. The average molecular weight is 824 g/mol. The second-order valence-corrected chi connectivity index (χ2v) is 20.5. The molecule has 0 saturated carbocycles. The van der Waals surface area contributed by atoms with Crippen LogP contribution in [0.15, 0.2) is 105 Å². The maximum atomic E-state index is 17.4. The Morgan fingerprint density at radius 1 is 0.636 bits per heavy atom. The number of anilines is 2. The van der Waals surface area contributed by atoms with E-state index in [1.807, 2.05) is 13.8 Å². The Kier molecular flexibility index (Phi) is 13.0. The van der Waals surface area contributed by atoms with Gasteiger partial charge in [0, 0.05) is 0 Å². The molecule has 6 rings (SSSR count). The Bertz CT molecular complexity index is 2130. The Hall–Kier alpha value is -4.21. The quantitative estimate of drug-likeness (QED) is 0.0983. The summed E-state index contributed by atoms with van der Waals surface area (Å²) in [6, 6.07) is 13.9. The third-order valence-electron chi connectivity index (χ3n) is 10.2. The number of hydrogen-bond donors (Lipinski definition) is 2. The summed E-state index contributed by atoms with van der Waals surface area (Å²) in [5.41, 5.74) is 1.23. The minimum atomic E-state index is -5.30. The van der Waals surface area contributed by atoms with Crippen LogP contribution in [0.5, 0.6) is 0 Å². The zero-order chi connectivity index (χ0) is 39.3.